The van der Waals surface area contributed by atoms with Crippen LogP contribution in [-0.4, -0.2) is 31.6 Å². The summed E-state index contributed by atoms with van der Waals surface area (Å²) >= 11 is 1.55. The lowest BCUT2D eigenvalue weighted by Crippen LogP contribution is -2.42. The van der Waals surface area contributed by atoms with Crippen molar-refractivity contribution in [3.05, 3.63) is 17.7 Å². The average Bonchev–Trinajstić information content (AvgIpc) is 2.36. The molecule has 1 fully saturated rings. The minimum atomic E-state index is -0.810. The van der Waals surface area contributed by atoms with E-state index in [9.17, 15) is 9.90 Å². The molecular weight excluding hydrogens is 264 g/mol. The molecule has 1 aromatic rings. The Hall–Kier alpha value is -1.36. The van der Waals surface area contributed by atoms with Crippen LogP contribution in [0.1, 0.15) is 24.8 Å². The third-order valence-electron chi connectivity index (χ3n) is 3.84. The van der Waals surface area contributed by atoms with Gasteiger partial charge in [0, 0.05) is 5.56 Å². The number of hydrogen-bond acceptors (Lipinski definition) is 4. The van der Waals surface area contributed by atoms with Crippen molar-refractivity contribution >= 4 is 17.7 Å². The fourth-order valence-electron chi connectivity index (χ4n) is 2.53. The van der Waals surface area contributed by atoms with E-state index in [0.717, 1.165) is 16.9 Å². The molecule has 5 heteroatoms. The first-order valence-electron chi connectivity index (χ1n) is 6.13. The van der Waals surface area contributed by atoms with Crippen LogP contribution in [0.15, 0.2) is 17.0 Å². The summed E-state index contributed by atoms with van der Waals surface area (Å²) < 4.78 is 10.7. The van der Waals surface area contributed by atoms with Gasteiger partial charge in [-0.2, -0.15) is 0 Å². The van der Waals surface area contributed by atoms with Crippen molar-refractivity contribution in [2.24, 2.45) is 0 Å². The molecule has 104 valence electrons. The van der Waals surface area contributed by atoms with Crippen LogP contribution in [0, 0.1) is 0 Å². The van der Waals surface area contributed by atoms with E-state index < -0.39 is 11.4 Å². The second-order valence-electron chi connectivity index (χ2n) is 4.65. The predicted molar refractivity (Wildman–Crippen MR) is 74.5 cm³/mol. The monoisotopic (exact) mass is 282 g/mol. The smallest absolute Gasteiger partial charge is 0.314 e. The number of methoxy groups -OCH3 is 2. The summed E-state index contributed by atoms with van der Waals surface area (Å²) in [5.74, 6) is 0.555. The zero-order valence-corrected chi connectivity index (χ0v) is 12.2. The zero-order chi connectivity index (χ0) is 14.0. The first-order chi connectivity index (χ1) is 9.08. The largest absolute Gasteiger partial charge is 0.496 e. The van der Waals surface area contributed by atoms with Gasteiger partial charge in [0.25, 0.3) is 0 Å². The highest BCUT2D eigenvalue weighted by atomic mass is 32.2. The Morgan fingerprint density at radius 2 is 1.89 bits per heavy atom. The first kappa shape index (κ1) is 14.1. The quantitative estimate of drug-likeness (QED) is 0.841. The topological polar surface area (TPSA) is 55.8 Å². The molecule has 0 aromatic heterocycles. The summed E-state index contributed by atoms with van der Waals surface area (Å²) in [7, 11) is 3.17. The van der Waals surface area contributed by atoms with Crippen LogP contribution in [0.2, 0.25) is 0 Å². The molecule has 0 spiro atoms. The molecule has 19 heavy (non-hydrogen) atoms. The molecule has 1 N–H and O–H groups in total. The van der Waals surface area contributed by atoms with Gasteiger partial charge in [0.05, 0.1) is 24.5 Å². The van der Waals surface area contributed by atoms with E-state index in [1.165, 1.54) is 0 Å². The van der Waals surface area contributed by atoms with Crippen molar-refractivity contribution < 1.29 is 19.4 Å². The second-order valence-corrected chi connectivity index (χ2v) is 5.50. The van der Waals surface area contributed by atoms with Crippen molar-refractivity contribution in [2.75, 3.05) is 20.5 Å². The van der Waals surface area contributed by atoms with E-state index >= 15 is 0 Å². The van der Waals surface area contributed by atoms with Gasteiger partial charge in [-0.25, -0.2) is 0 Å². The Balaban J connectivity index is 2.58. The molecule has 2 rings (SSSR count). The van der Waals surface area contributed by atoms with Gasteiger partial charge >= 0.3 is 5.97 Å². The number of rotatable bonds is 5. The van der Waals surface area contributed by atoms with Crippen LogP contribution in [-0.2, 0) is 10.2 Å². The lowest BCUT2D eigenvalue weighted by atomic mass is 9.64. The van der Waals surface area contributed by atoms with E-state index in [0.29, 0.717) is 24.3 Å². The van der Waals surface area contributed by atoms with Gasteiger partial charge in [-0.05, 0) is 31.2 Å². The molecule has 0 saturated heterocycles. The summed E-state index contributed by atoms with van der Waals surface area (Å²) in [6, 6.07) is 3.68. The van der Waals surface area contributed by atoms with E-state index in [-0.39, 0.29) is 0 Å². The summed E-state index contributed by atoms with van der Waals surface area (Å²) in [6.45, 7) is 0. The lowest BCUT2D eigenvalue weighted by molar-refractivity contribution is -0.147. The van der Waals surface area contributed by atoms with Crippen LogP contribution in [0.25, 0.3) is 0 Å². The molecule has 4 nitrogen and oxygen atoms in total. The molecule has 0 bridgehead atoms. The van der Waals surface area contributed by atoms with E-state index in [4.69, 9.17) is 9.47 Å². The lowest BCUT2D eigenvalue weighted by Gasteiger charge is -2.39. The number of carboxylic acids is 1. The summed E-state index contributed by atoms with van der Waals surface area (Å²) in [4.78, 5) is 12.6. The Morgan fingerprint density at radius 3 is 2.26 bits per heavy atom. The molecule has 0 heterocycles. The van der Waals surface area contributed by atoms with Crippen LogP contribution >= 0.6 is 11.8 Å². The highest BCUT2D eigenvalue weighted by molar-refractivity contribution is 7.98. The zero-order valence-electron chi connectivity index (χ0n) is 11.4. The van der Waals surface area contributed by atoms with Gasteiger partial charge in [-0.3, -0.25) is 4.79 Å². The molecule has 1 aliphatic rings. The number of ether oxygens (including phenoxy) is 2. The van der Waals surface area contributed by atoms with Crippen molar-refractivity contribution in [3.8, 4) is 11.5 Å². The summed E-state index contributed by atoms with van der Waals surface area (Å²) in [5, 5.41) is 9.55. The maximum Gasteiger partial charge on any atom is 0.314 e. The van der Waals surface area contributed by atoms with Crippen LogP contribution in [0.4, 0.5) is 0 Å². The van der Waals surface area contributed by atoms with Crippen molar-refractivity contribution in [1.82, 2.24) is 0 Å². The molecule has 0 amide bonds. The first-order valence-corrected chi connectivity index (χ1v) is 7.35. The maximum absolute atomic E-state index is 11.6. The number of aliphatic carboxylic acids is 1. The van der Waals surface area contributed by atoms with Crippen molar-refractivity contribution in [2.45, 2.75) is 29.6 Å². The van der Waals surface area contributed by atoms with E-state index in [1.807, 2.05) is 18.4 Å². The highest BCUT2D eigenvalue weighted by Crippen LogP contribution is 2.49. The molecule has 1 saturated carbocycles. The third-order valence-corrected chi connectivity index (χ3v) is 4.60. The Morgan fingerprint density at radius 1 is 1.26 bits per heavy atom. The molecule has 0 radical (unpaired) electrons. The van der Waals surface area contributed by atoms with Gasteiger partial charge in [-0.15, -0.1) is 11.8 Å². The van der Waals surface area contributed by atoms with Gasteiger partial charge < -0.3 is 14.6 Å². The molecule has 1 aromatic carbocycles. The number of hydrogen-bond donors (Lipinski definition) is 1. The standard InChI is InChI=1S/C14H18O4S/c1-17-10-8-12(19-3)11(18-2)7-9(10)14(13(15)16)5-4-6-14/h7-8H,4-6H2,1-3H3,(H,15,16). The molecule has 0 atom stereocenters. The number of thioether (sulfide) groups is 1. The van der Waals surface area contributed by atoms with Gasteiger partial charge in [0.15, 0.2) is 0 Å². The normalized spacial score (nSPS) is 16.6. The van der Waals surface area contributed by atoms with Crippen LogP contribution in [0.5, 0.6) is 11.5 Å². The van der Waals surface area contributed by atoms with Gasteiger partial charge in [-0.1, -0.05) is 6.42 Å². The SMILES string of the molecule is COc1cc(C2(C(=O)O)CCC2)c(OC)cc1SC. The molecular formula is C14H18O4S. The molecule has 0 unspecified atom stereocenters. The predicted octanol–water partition coefficient (Wildman–Crippen LogP) is 2.93. The summed E-state index contributed by atoms with van der Waals surface area (Å²) in [6.07, 6.45) is 4.19. The maximum atomic E-state index is 11.6. The van der Waals surface area contributed by atoms with Crippen LogP contribution < -0.4 is 9.47 Å². The fourth-order valence-corrected chi connectivity index (χ4v) is 3.10. The minimum absolute atomic E-state index is 0.632. The number of carboxylic acid groups (broad SMARTS) is 1. The number of benzene rings is 1. The van der Waals surface area contributed by atoms with Gasteiger partial charge in [0.1, 0.15) is 11.5 Å². The number of carbonyl (C=O) groups is 1. The Bertz CT molecular complexity index is 494. The highest BCUT2D eigenvalue weighted by Gasteiger charge is 2.48. The molecule has 0 aliphatic heterocycles. The second kappa shape index (κ2) is 5.33. The molecule has 1 aliphatic carbocycles. The van der Waals surface area contributed by atoms with Gasteiger partial charge in [0.2, 0.25) is 0 Å². The fraction of sp³-hybridized carbons (Fsp3) is 0.500. The van der Waals surface area contributed by atoms with E-state index in [1.54, 1.807) is 26.0 Å². The van der Waals surface area contributed by atoms with Crippen LogP contribution in [0.3, 0.4) is 0 Å². The average molecular weight is 282 g/mol. The Kier molecular flexibility index (Phi) is 3.94. The van der Waals surface area contributed by atoms with Crippen molar-refractivity contribution in [1.29, 1.82) is 0 Å². The minimum Gasteiger partial charge on any atom is -0.496 e. The van der Waals surface area contributed by atoms with E-state index in [2.05, 4.69) is 0 Å². The third kappa shape index (κ3) is 2.16. The summed E-state index contributed by atoms with van der Waals surface area (Å²) in [5.41, 5.74) is -0.0846. The van der Waals surface area contributed by atoms with Crippen molar-refractivity contribution in [3.63, 3.8) is 0 Å². The Labute approximate surface area is 117 Å².